The van der Waals surface area contributed by atoms with Crippen LogP contribution in [0.15, 0.2) is 10.7 Å². The Balaban J connectivity index is 2.62. The number of aliphatic hydroxyl groups is 1. The van der Waals surface area contributed by atoms with Crippen LogP contribution in [0.25, 0.3) is 0 Å². The molecule has 0 fully saturated rings. The number of hydrogen-bond donors (Lipinski definition) is 1. The molecule has 0 amide bonds. The minimum Gasteiger partial charge on any atom is -0.384 e. The van der Waals surface area contributed by atoms with E-state index in [9.17, 15) is 18.3 Å². The summed E-state index contributed by atoms with van der Waals surface area (Å²) in [6.07, 6.45) is -4.07. The Bertz CT molecular complexity index is 424. The molecule has 20 heavy (non-hydrogen) atoms. The smallest absolute Gasteiger partial charge is 0.384 e. The molecule has 0 aliphatic rings. The number of aromatic nitrogens is 2. The first-order valence-corrected chi connectivity index (χ1v) is 6.68. The minimum atomic E-state index is -4.40. The number of ether oxygens (including phenoxy) is 1. The standard InChI is InChI=1S/C11H17BrF3N3O2/c1-17(2)3-4-18-10(8(12)5-16-18)9(19)6-20-7-11(13,14)15/h5,9,19H,3-4,6-7H2,1-2H3. The number of rotatable bonds is 7. The lowest BCUT2D eigenvalue weighted by atomic mass is 10.2. The lowest BCUT2D eigenvalue weighted by molar-refractivity contribution is -0.179. The molecule has 1 N–H and O–H groups in total. The minimum absolute atomic E-state index is 0.411. The highest BCUT2D eigenvalue weighted by molar-refractivity contribution is 9.10. The Morgan fingerprint density at radius 1 is 1.50 bits per heavy atom. The van der Waals surface area contributed by atoms with Crippen LogP contribution in [0.2, 0.25) is 0 Å². The highest BCUT2D eigenvalue weighted by atomic mass is 79.9. The topological polar surface area (TPSA) is 50.5 Å². The van der Waals surface area contributed by atoms with Gasteiger partial charge >= 0.3 is 6.18 Å². The normalized spacial score (nSPS) is 14.0. The van der Waals surface area contributed by atoms with Gasteiger partial charge in [0.05, 0.1) is 29.5 Å². The van der Waals surface area contributed by atoms with E-state index in [4.69, 9.17) is 0 Å². The molecular weight excluding hydrogens is 343 g/mol. The van der Waals surface area contributed by atoms with E-state index in [2.05, 4.69) is 25.8 Å². The van der Waals surface area contributed by atoms with Gasteiger partial charge in [0.1, 0.15) is 12.7 Å². The van der Waals surface area contributed by atoms with Gasteiger partial charge in [-0.1, -0.05) is 0 Å². The maximum atomic E-state index is 12.0. The van der Waals surface area contributed by atoms with E-state index in [1.54, 1.807) is 4.68 Å². The Labute approximate surface area is 123 Å². The summed E-state index contributed by atoms with van der Waals surface area (Å²) in [4.78, 5) is 1.94. The summed E-state index contributed by atoms with van der Waals surface area (Å²) in [5, 5.41) is 14.0. The van der Waals surface area contributed by atoms with Gasteiger partial charge in [-0.05, 0) is 30.0 Å². The van der Waals surface area contributed by atoms with E-state index in [-0.39, 0.29) is 0 Å². The molecule has 0 aliphatic heterocycles. The van der Waals surface area contributed by atoms with E-state index in [0.717, 1.165) is 0 Å². The average molecular weight is 360 g/mol. The molecule has 0 aliphatic carbocycles. The molecule has 0 aromatic carbocycles. The second-order valence-electron chi connectivity index (χ2n) is 4.55. The van der Waals surface area contributed by atoms with Gasteiger partial charge < -0.3 is 14.7 Å². The predicted octanol–water partition coefficient (Wildman–Crippen LogP) is 1.82. The number of aliphatic hydroxyl groups excluding tert-OH is 1. The van der Waals surface area contributed by atoms with Crippen LogP contribution in [-0.2, 0) is 11.3 Å². The molecule has 116 valence electrons. The molecule has 0 bridgehead atoms. The monoisotopic (exact) mass is 359 g/mol. The summed E-state index contributed by atoms with van der Waals surface area (Å²) < 4.78 is 42.5. The van der Waals surface area contributed by atoms with Crippen molar-refractivity contribution in [1.29, 1.82) is 0 Å². The molecule has 5 nitrogen and oxygen atoms in total. The third kappa shape index (κ3) is 5.78. The Morgan fingerprint density at radius 3 is 2.70 bits per heavy atom. The van der Waals surface area contributed by atoms with Crippen LogP contribution in [-0.4, -0.2) is 59.8 Å². The quantitative estimate of drug-likeness (QED) is 0.806. The maximum absolute atomic E-state index is 12.0. The van der Waals surface area contributed by atoms with Crippen molar-refractivity contribution < 1.29 is 23.0 Å². The third-order valence-corrected chi connectivity index (χ3v) is 3.06. The van der Waals surface area contributed by atoms with Crippen LogP contribution in [0.1, 0.15) is 11.8 Å². The summed E-state index contributed by atoms with van der Waals surface area (Å²) in [6.45, 7) is -0.610. The van der Waals surface area contributed by atoms with Gasteiger partial charge in [-0.25, -0.2) is 0 Å². The van der Waals surface area contributed by atoms with Gasteiger partial charge in [-0.15, -0.1) is 0 Å². The largest absolute Gasteiger partial charge is 0.411 e. The predicted molar refractivity (Wildman–Crippen MR) is 70.3 cm³/mol. The van der Waals surface area contributed by atoms with E-state index in [1.807, 2.05) is 19.0 Å². The second kappa shape index (κ2) is 7.39. The molecule has 1 aromatic heterocycles. The summed E-state index contributed by atoms with van der Waals surface area (Å²) in [5.41, 5.74) is 0.411. The number of hydrogen-bond acceptors (Lipinski definition) is 4. The Kier molecular flexibility index (Phi) is 6.44. The molecule has 0 saturated heterocycles. The maximum Gasteiger partial charge on any atom is 0.411 e. The van der Waals surface area contributed by atoms with Crippen molar-refractivity contribution in [1.82, 2.24) is 14.7 Å². The summed E-state index contributed by atoms with van der Waals surface area (Å²) in [7, 11) is 3.78. The molecular formula is C11H17BrF3N3O2. The molecule has 1 aromatic rings. The van der Waals surface area contributed by atoms with E-state index < -0.39 is 25.5 Å². The van der Waals surface area contributed by atoms with Crippen LogP contribution in [0.3, 0.4) is 0 Å². The summed E-state index contributed by atoms with van der Waals surface area (Å²) in [5.74, 6) is 0. The molecule has 1 atom stereocenters. The van der Waals surface area contributed by atoms with Crippen LogP contribution in [0.4, 0.5) is 13.2 Å². The zero-order valence-electron chi connectivity index (χ0n) is 11.2. The van der Waals surface area contributed by atoms with Crippen molar-refractivity contribution in [2.24, 2.45) is 0 Å². The van der Waals surface area contributed by atoms with Gasteiger partial charge in [-0.2, -0.15) is 18.3 Å². The SMILES string of the molecule is CN(C)CCn1ncc(Br)c1C(O)COCC(F)(F)F. The third-order valence-electron chi connectivity index (χ3n) is 2.45. The fourth-order valence-corrected chi connectivity index (χ4v) is 2.10. The lowest BCUT2D eigenvalue weighted by Gasteiger charge is -2.16. The van der Waals surface area contributed by atoms with E-state index in [1.165, 1.54) is 6.20 Å². The Morgan fingerprint density at radius 2 is 2.15 bits per heavy atom. The van der Waals surface area contributed by atoms with Crippen molar-refractivity contribution in [3.63, 3.8) is 0 Å². The van der Waals surface area contributed by atoms with E-state index >= 15 is 0 Å². The van der Waals surface area contributed by atoms with Crippen LogP contribution in [0.5, 0.6) is 0 Å². The van der Waals surface area contributed by atoms with Crippen LogP contribution in [0, 0.1) is 0 Å². The Hall–Kier alpha value is -0.640. The van der Waals surface area contributed by atoms with Gasteiger partial charge in [0.15, 0.2) is 0 Å². The first kappa shape index (κ1) is 17.4. The zero-order chi connectivity index (χ0) is 15.3. The van der Waals surface area contributed by atoms with Crippen molar-refractivity contribution in [2.45, 2.75) is 18.8 Å². The molecule has 1 rings (SSSR count). The van der Waals surface area contributed by atoms with Crippen molar-refractivity contribution in [2.75, 3.05) is 33.9 Å². The second-order valence-corrected chi connectivity index (χ2v) is 5.40. The van der Waals surface area contributed by atoms with Crippen LogP contribution < -0.4 is 0 Å². The summed E-state index contributed by atoms with van der Waals surface area (Å²) >= 11 is 3.22. The lowest BCUT2D eigenvalue weighted by Crippen LogP contribution is -2.23. The summed E-state index contributed by atoms with van der Waals surface area (Å²) in [6, 6.07) is 0. The van der Waals surface area contributed by atoms with Crippen molar-refractivity contribution >= 4 is 15.9 Å². The fraction of sp³-hybridized carbons (Fsp3) is 0.727. The van der Waals surface area contributed by atoms with Crippen molar-refractivity contribution in [3.8, 4) is 0 Å². The highest BCUT2D eigenvalue weighted by Gasteiger charge is 2.28. The number of likely N-dealkylation sites (N-methyl/N-ethyl adjacent to an activating group) is 1. The van der Waals surface area contributed by atoms with Gasteiger partial charge in [-0.3, -0.25) is 4.68 Å². The van der Waals surface area contributed by atoms with E-state index in [0.29, 0.717) is 23.3 Å². The molecule has 0 spiro atoms. The first-order chi connectivity index (χ1) is 9.20. The van der Waals surface area contributed by atoms with Gasteiger partial charge in [0.2, 0.25) is 0 Å². The molecule has 9 heteroatoms. The average Bonchev–Trinajstić information content (AvgIpc) is 2.66. The highest BCUT2D eigenvalue weighted by Crippen LogP contribution is 2.24. The molecule has 1 heterocycles. The fourth-order valence-electron chi connectivity index (χ4n) is 1.54. The van der Waals surface area contributed by atoms with Crippen molar-refractivity contribution in [3.05, 3.63) is 16.4 Å². The van der Waals surface area contributed by atoms with Gasteiger partial charge in [0.25, 0.3) is 0 Å². The van der Waals surface area contributed by atoms with Crippen LogP contribution >= 0.6 is 15.9 Å². The molecule has 0 radical (unpaired) electrons. The van der Waals surface area contributed by atoms with Gasteiger partial charge in [0, 0.05) is 6.54 Å². The first-order valence-electron chi connectivity index (χ1n) is 5.89. The number of nitrogens with zero attached hydrogens (tertiary/aromatic N) is 3. The number of alkyl halides is 3. The number of halogens is 4. The zero-order valence-corrected chi connectivity index (χ0v) is 12.8. The molecule has 1 unspecified atom stereocenters. The molecule has 0 saturated carbocycles.